The van der Waals surface area contributed by atoms with Crippen molar-refractivity contribution >= 4 is 23.4 Å². The van der Waals surface area contributed by atoms with E-state index in [2.05, 4.69) is 26.1 Å². The Kier molecular flexibility index (Phi) is 6.26. The molecule has 0 saturated carbocycles. The molecule has 0 aliphatic carbocycles. The van der Waals surface area contributed by atoms with Crippen molar-refractivity contribution in [2.24, 2.45) is 7.05 Å². The molecule has 3 heterocycles. The van der Waals surface area contributed by atoms with Crippen LogP contribution >= 0.6 is 23.4 Å². The van der Waals surface area contributed by atoms with Gasteiger partial charge in [0.1, 0.15) is 0 Å². The number of benzene rings is 1. The van der Waals surface area contributed by atoms with Crippen LogP contribution in [0.2, 0.25) is 5.02 Å². The molecule has 0 spiro atoms. The lowest BCUT2D eigenvalue weighted by Gasteiger charge is -2.32. The average Bonchev–Trinajstić information content (AvgIpc) is 3.09. The summed E-state index contributed by atoms with van der Waals surface area (Å²) in [6, 6.07) is 11.9. The molecule has 146 valence electrons. The zero-order valence-corrected chi connectivity index (χ0v) is 17.2. The largest absolute Gasteiger partial charge is 0.375 e. The Morgan fingerprint density at radius 2 is 2.00 bits per heavy atom. The van der Waals surface area contributed by atoms with E-state index in [1.165, 1.54) is 0 Å². The number of hydrogen-bond acceptors (Lipinski definition) is 6. The van der Waals surface area contributed by atoms with Crippen molar-refractivity contribution in [2.75, 3.05) is 25.4 Å². The number of nitrogens with zero attached hydrogens (tertiary/aromatic N) is 5. The highest BCUT2D eigenvalue weighted by atomic mass is 35.5. The van der Waals surface area contributed by atoms with Gasteiger partial charge in [0, 0.05) is 55.4 Å². The fraction of sp³-hybridized carbons (Fsp3) is 0.350. The third-order valence-electron chi connectivity index (χ3n) is 4.75. The summed E-state index contributed by atoms with van der Waals surface area (Å²) < 4.78 is 7.99. The normalized spacial score (nSPS) is 17.7. The average molecular weight is 416 g/mol. The van der Waals surface area contributed by atoms with E-state index < -0.39 is 0 Å². The molecule has 1 aliphatic rings. The Balaban J connectivity index is 1.35. The Hall–Kier alpha value is -1.93. The number of aromatic nitrogens is 4. The van der Waals surface area contributed by atoms with Crippen molar-refractivity contribution in [1.29, 1.82) is 0 Å². The van der Waals surface area contributed by atoms with E-state index in [1.54, 1.807) is 24.2 Å². The first-order chi connectivity index (χ1) is 13.7. The molecule has 1 aliphatic heterocycles. The van der Waals surface area contributed by atoms with Gasteiger partial charge in [-0.15, -0.1) is 10.2 Å². The number of ether oxygens (including phenoxy) is 1. The molecular weight excluding hydrogens is 394 g/mol. The first-order valence-corrected chi connectivity index (χ1v) is 10.6. The van der Waals surface area contributed by atoms with E-state index in [0.29, 0.717) is 0 Å². The number of morpholine rings is 1. The zero-order chi connectivity index (χ0) is 19.3. The zero-order valence-electron chi connectivity index (χ0n) is 15.7. The Morgan fingerprint density at radius 3 is 2.82 bits per heavy atom. The fourth-order valence-electron chi connectivity index (χ4n) is 3.25. The van der Waals surface area contributed by atoms with Crippen LogP contribution < -0.4 is 0 Å². The molecule has 3 aromatic rings. The topological polar surface area (TPSA) is 56.1 Å². The third kappa shape index (κ3) is 4.55. The maximum absolute atomic E-state index is 6.31. The van der Waals surface area contributed by atoms with Crippen molar-refractivity contribution in [1.82, 2.24) is 24.6 Å². The van der Waals surface area contributed by atoms with Gasteiger partial charge in [0.15, 0.2) is 11.0 Å². The lowest BCUT2D eigenvalue weighted by molar-refractivity contribution is -0.0187. The predicted molar refractivity (Wildman–Crippen MR) is 111 cm³/mol. The minimum atomic E-state index is 0.155. The number of rotatable bonds is 6. The monoisotopic (exact) mass is 415 g/mol. The lowest BCUT2D eigenvalue weighted by atomic mass is 10.2. The summed E-state index contributed by atoms with van der Waals surface area (Å²) in [5.74, 6) is 1.68. The van der Waals surface area contributed by atoms with Gasteiger partial charge in [-0.1, -0.05) is 41.6 Å². The highest BCUT2D eigenvalue weighted by Gasteiger charge is 2.22. The summed E-state index contributed by atoms with van der Waals surface area (Å²) in [4.78, 5) is 6.45. The van der Waals surface area contributed by atoms with E-state index in [0.717, 1.165) is 59.1 Å². The standard InChI is InChI=1S/C20H22ClN5OS/c1-25-19(15-6-8-22-9-7-15)23-24-20(25)28-14-17-13-26(10-11-27-17)12-16-4-2-3-5-18(16)21/h2-9,17H,10-14H2,1H3/t17-/m0/s1. The molecule has 28 heavy (non-hydrogen) atoms. The molecule has 0 unspecified atom stereocenters. The fourth-order valence-corrected chi connectivity index (χ4v) is 4.36. The van der Waals surface area contributed by atoms with Crippen molar-refractivity contribution < 1.29 is 4.74 Å². The summed E-state index contributed by atoms with van der Waals surface area (Å²) in [6.45, 7) is 3.38. The van der Waals surface area contributed by atoms with Crippen molar-refractivity contribution in [3.05, 3.63) is 59.4 Å². The van der Waals surface area contributed by atoms with E-state index in [1.807, 2.05) is 41.9 Å². The SMILES string of the molecule is Cn1c(SC[C@@H]2CN(Cc3ccccc3Cl)CCO2)nnc1-c1ccncc1. The molecule has 6 nitrogen and oxygen atoms in total. The van der Waals surface area contributed by atoms with Gasteiger partial charge < -0.3 is 9.30 Å². The van der Waals surface area contributed by atoms with Crippen LogP contribution in [-0.2, 0) is 18.3 Å². The van der Waals surface area contributed by atoms with Crippen LogP contribution in [0.25, 0.3) is 11.4 Å². The second kappa shape index (κ2) is 9.05. The van der Waals surface area contributed by atoms with E-state index in [9.17, 15) is 0 Å². The molecule has 1 saturated heterocycles. The lowest BCUT2D eigenvalue weighted by Crippen LogP contribution is -2.43. The van der Waals surface area contributed by atoms with Crippen LogP contribution in [0, 0.1) is 0 Å². The minimum absolute atomic E-state index is 0.155. The smallest absolute Gasteiger partial charge is 0.191 e. The Labute approximate surface area is 173 Å². The predicted octanol–water partition coefficient (Wildman–Crippen LogP) is 3.52. The summed E-state index contributed by atoms with van der Waals surface area (Å²) in [5, 5.41) is 10.4. The number of thioether (sulfide) groups is 1. The van der Waals surface area contributed by atoms with Gasteiger partial charge in [0.25, 0.3) is 0 Å². The first kappa shape index (κ1) is 19.4. The van der Waals surface area contributed by atoms with Gasteiger partial charge in [-0.25, -0.2) is 0 Å². The Bertz CT molecular complexity index is 920. The van der Waals surface area contributed by atoms with Crippen LogP contribution in [-0.4, -0.2) is 56.2 Å². The highest BCUT2D eigenvalue weighted by molar-refractivity contribution is 7.99. The second-order valence-corrected chi connectivity index (χ2v) is 8.13. The number of halogens is 1. The Morgan fingerprint density at radius 1 is 1.18 bits per heavy atom. The summed E-state index contributed by atoms with van der Waals surface area (Å²) in [6.07, 6.45) is 3.68. The van der Waals surface area contributed by atoms with Crippen molar-refractivity contribution in [3.63, 3.8) is 0 Å². The van der Waals surface area contributed by atoms with Crippen molar-refractivity contribution in [2.45, 2.75) is 17.8 Å². The molecule has 1 fully saturated rings. The number of hydrogen-bond donors (Lipinski definition) is 0. The minimum Gasteiger partial charge on any atom is -0.375 e. The molecular formula is C20H22ClN5OS. The summed E-state index contributed by atoms with van der Waals surface area (Å²) in [7, 11) is 1.99. The van der Waals surface area contributed by atoms with Gasteiger partial charge in [0.05, 0.1) is 12.7 Å². The van der Waals surface area contributed by atoms with Gasteiger partial charge >= 0.3 is 0 Å². The molecule has 8 heteroatoms. The van der Waals surface area contributed by atoms with Gasteiger partial charge in [0.2, 0.25) is 0 Å². The quantitative estimate of drug-likeness (QED) is 0.574. The van der Waals surface area contributed by atoms with E-state index >= 15 is 0 Å². The first-order valence-electron chi connectivity index (χ1n) is 9.20. The summed E-state index contributed by atoms with van der Waals surface area (Å²) >= 11 is 7.98. The third-order valence-corrected chi connectivity index (χ3v) is 6.27. The molecule has 0 N–H and O–H groups in total. The molecule has 1 atom stereocenters. The van der Waals surface area contributed by atoms with Gasteiger partial charge in [-0.2, -0.15) is 0 Å². The van der Waals surface area contributed by atoms with Crippen LogP contribution in [0.4, 0.5) is 0 Å². The van der Waals surface area contributed by atoms with E-state index in [4.69, 9.17) is 16.3 Å². The van der Waals surface area contributed by atoms with E-state index in [-0.39, 0.29) is 6.10 Å². The van der Waals surface area contributed by atoms with Crippen molar-refractivity contribution in [3.8, 4) is 11.4 Å². The second-order valence-electron chi connectivity index (χ2n) is 6.73. The molecule has 1 aromatic carbocycles. The van der Waals surface area contributed by atoms with Crippen LogP contribution in [0.1, 0.15) is 5.56 Å². The molecule has 0 radical (unpaired) electrons. The molecule has 0 amide bonds. The van der Waals surface area contributed by atoms with Crippen LogP contribution in [0.5, 0.6) is 0 Å². The molecule has 0 bridgehead atoms. The maximum atomic E-state index is 6.31. The summed E-state index contributed by atoms with van der Waals surface area (Å²) in [5.41, 5.74) is 2.17. The number of pyridine rings is 1. The van der Waals surface area contributed by atoms with Gasteiger partial charge in [-0.3, -0.25) is 9.88 Å². The molecule has 4 rings (SSSR count). The molecule has 2 aromatic heterocycles. The highest BCUT2D eigenvalue weighted by Crippen LogP contribution is 2.24. The van der Waals surface area contributed by atoms with Gasteiger partial charge in [-0.05, 0) is 23.8 Å². The maximum Gasteiger partial charge on any atom is 0.191 e. The van der Waals surface area contributed by atoms with Crippen LogP contribution in [0.15, 0.2) is 53.9 Å². The van der Waals surface area contributed by atoms with Crippen LogP contribution in [0.3, 0.4) is 0 Å².